The minimum Gasteiger partial charge on any atom is -0.379 e. The molecule has 1 fully saturated rings. The number of ether oxygens (including phenoxy) is 1. The molecule has 1 atom stereocenters. The van der Waals surface area contributed by atoms with E-state index < -0.39 is 0 Å². The predicted octanol–water partition coefficient (Wildman–Crippen LogP) is 0.198. The Morgan fingerprint density at radius 1 is 1.44 bits per heavy atom. The molecular formula is C13H27N3O2. The van der Waals surface area contributed by atoms with Crippen molar-refractivity contribution < 1.29 is 9.53 Å². The van der Waals surface area contributed by atoms with Crippen LogP contribution in [-0.4, -0.2) is 55.7 Å². The average Bonchev–Trinajstić information content (AvgIpc) is 2.39. The molecule has 5 nitrogen and oxygen atoms in total. The first-order valence-corrected chi connectivity index (χ1v) is 6.82. The number of carbonyl (C=O) groups is 1. The van der Waals surface area contributed by atoms with Gasteiger partial charge in [0, 0.05) is 37.6 Å². The summed E-state index contributed by atoms with van der Waals surface area (Å²) in [7, 11) is 0. The van der Waals surface area contributed by atoms with Gasteiger partial charge in [0.1, 0.15) is 0 Å². The SMILES string of the molecule is CCC(CN)C(=O)NCC(C)(C)N1CCOCC1. The molecule has 1 saturated heterocycles. The Kier molecular flexibility index (Phi) is 6.05. The van der Waals surface area contributed by atoms with Crippen LogP contribution >= 0.6 is 0 Å². The van der Waals surface area contributed by atoms with E-state index in [1.807, 2.05) is 6.92 Å². The smallest absolute Gasteiger partial charge is 0.224 e. The highest BCUT2D eigenvalue weighted by atomic mass is 16.5. The Morgan fingerprint density at radius 2 is 2.06 bits per heavy atom. The average molecular weight is 257 g/mol. The maximum absolute atomic E-state index is 11.9. The van der Waals surface area contributed by atoms with Crippen LogP contribution in [0.5, 0.6) is 0 Å². The van der Waals surface area contributed by atoms with Gasteiger partial charge >= 0.3 is 0 Å². The van der Waals surface area contributed by atoms with E-state index in [4.69, 9.17) is 10.5 Å². The molecule has 0 aromatic heterocycles. The van der Waals surface area contributed by atoms with E-state index in [1.54, 1.807) is 0 Å². The van der Waals surface area contributed by atoms with Crippen molar-refractivity contribution in [3.05, 3.63) is 0 Å². The lowest BCUT2D eigenvalue weighted by molar-refractivity contribution is -0.125. The molecule has 0 saturated carbocycles. The first kappa shape index (κ1) is 15.4. The molecule has 1 heterocycles. The van der Waals surface area contributed by atoms with Crippen molar-refractivity contribution in [2.45, 2.75) is 32.7 Å². The van der Waals surface area contributed by atoms with E-state index in [-0.39, 0.29) is 17.4 Å². The highest BCUT2D eigenvalue weighted by molar-refractivity contribution is 5.78. The summed E-state index contributed by atoms with van der Waals surface area (Å²) in [5.41, 5.74) is 5.54. The maximum atomic E-state index is 11.9. The number of nitrogens with two attached hydrogens (primary N) is 1. The van der Waals surface area contributed by atoms with E-state index in [0.717, 1.165) is 32.7 Å². The Morgan fingerprint density at radius 3 is 2.56 bits per heavy atom. The highest BCUT2D eigenvalue weighted by Gasteiger charge is 2.29. The number of morpholine rings is 1. The molecule has 1 aliphatic rings. The third kappa shape index (κ3) is 4.23. The lowest BCUT2D eigenvalue weighted by atomic mass is 10.0. The molecule has 0 aromatic carbocycles. The molecule has 1 unspecified atom stereocenters. The van der Waals surface area contributed by atoms with Gasteiger partial charge in [0.05, 0.1) is 13.2 Å². The fourth-order valence-corrected chi connectivity index (χ4v) is 2.19. The minimum atomic E-state index is -0.0644. The molecule has 5 heteroatoms. The van der Waals surface area contributed by atoms with Crippen molar-refractivity contribution in [3.63, 3.8) is 0 Å². The van der Waals surface area contributed by atoms with Crippen LogP contribution in [-0.2, 0) is 9.53 Å². The molecule has 18 heavy (non-hydrogen) atoms. The van der Waals surface area contributed by atoms with E-state index in [0.29, 0.717) is 13.1 Å². The first-order valence-electron chi connectivity index (χ1n) is 6.82. The monoisotopic (exact) mass is 257 g/mol. The number of rotatable bonds is 6. The van der Waals surface area contributed by atoms with E-state index >= 15 is 0 Å². The second kappa shape index (κ2) is 7.07. The fraction of sp³-hybridized carbons (Fsp3) is 0.923. The second-order valence-electron chi connectivity index (χ2n) is 5.47. The van der Waals surface area contributed by atoms with E-state index in [9.17, 15) is 4.79 Å². The standard InChI is InChI=1S/C13H27N3O2/c1-4-11(9-14)12(17)15-10-13(2,3)16-5-7-18-8-6-16/h11H,4-10,14H2,1-3H3,(H,15,17). The molecule has 1 rings (SSSR count). The second-order valence-corrected chi connectivity index (χ2v) is 5.47. The molecule has 0 radical (unpaired) electrons. The maximum Gasteiger partial charge on any atom is 0.224 e. The molecular weight excluding hydrogens is 230 g/mol. The van der Waals surface area contributed by atoms with Crippen molar-refractivity contribution in [1.29, 1.82) is 0 Å². The molecule has 0 bridgehead atoms. The Bertz CT molecular complexity index is 259. The summed E-state index contributed by atoms with van der Waals surface area (Å²) in [5, 5.41) is 3.02. The predicted molar refractivity (Wildman–Crippen MR) is 72.3 cm³/mol. The first-order chi connectivity index (χ1) is 8.51. The van der Waals surface area contributed by atoms with Gasteiger partial charge in [0.15, 0.2) is 0 Å². The lowest BCUT2D eigenvalue weighted by Crippen LogP contribution is -2.56. The number of amides is 1. The number of hydrogen-bond donors (Lipinski definition) is 2. The molecule has 3 N–H and O–H groups in total. The normalized spacial score (nSPS) is 19.6. The van der Waals surface area contributed by atoms with Gasteiger partial charge in [-0.3, -0.25) is 9.69 Å². The van der Waals surface area contributed by atoms with Gasteiger partial charge in [-0.1, -0.05) is 6.92 Å². The number of carbonyl (C=O) groups excluding carboxylic acids is 1. The van der Waals surface area contributed by atoms with Crippen molar-refractivity contribution in [1.82, 2.24) is 10.2 Å². The van der Waals surface area contributed by atoms with Crippen molar-refractivity contribution >= 4 is 5.91 Å². The van der Waals surface area contributed by atoms with Gasteiger partial charge in [-0.15, -0.1) is 0 Å². The van der Waals surface area contributed by atoms with Gasteiger partial charge in [0.2, 0.25) is 5.91 Å². The number of nitrogens with zero attached hydrogens (tertiary/aromatic N) is 1. The largest absolute Gasteiger partial charge is 0.379 e. The van der Waals surface area contributed by atoms with Crippen LogP contribution in [0, 0.1) is 5.92 Å². The lowest BCUT2D eigenvalue weighted by Gasteiger charge is -2.41. The van der Waals surface area contributed by atoms with Crippen LogP contribution in [0.1, 0.15) is 27.2 Å². The van der Waals surface area contributed by atoms with Crippen molar-refractivity contribution in [3.8, 4) is 0 Å². The summed E-state index contributed by atoms with van der Waals surface area (Å²) in [6, 6.07) is 0. The fourth-order valence-electron chi connectivity index (χ4n) is 2.19. The van der Waals surface area contributed by atoms with Gasteiger partial charge < -0.3 is 15.8 Å². The van der Waals surface area contributed by atoms with Crippen molar-refractivity contribution in [2.24, 2.45) is 11.7 Å². The van der Waals surface area contributed by atoms with Crippen LogP contribution < -0.4 is 11.1 Å². The zero-order valence-electron chi connectivity index (χ0n) is 11.9. The third-order valence-corrected chi connectivity index (χ3v) is 3.71. The zero-order chi connectivity index (χ0) is 13.6. The summed E-state index contributed by atoms with van der Waals surface area (Å²) in [5.74, 6) is 0.00632. The summed E-state index contributed by atoms with van der Waals surface area (Å²) < 4.78 is 5.35. The Labute approximate surface area is 110 Å². The summed E-state index contributed by atoms with van der Waals surface area (Å²) in [6.07, 6.45) is 0.792. The van der Waals surface area contributed by atoms with Gasteiger partial charge in [-0.25, -0.2) is 0 Å². The zero-order valence-corrected chi connectivity index (χ0v) is 11.9. The number of hydrogen-bond acceptors (Lipinski definition) is 4. The Balaban J connectivity index is 2.42. The van der Waals surface area contributed by atoms with Gasteiger partial charge in [-0.05, 0) is 20.3 Å². The minimum absolute atomic E-state index is 0.0354. The van der Waals surface area contributed by atoms with Crippen LogP contribution in [0.4, 0.5) is 0 Å². The molecule has 1 amide bonds. The van der Waals surface area contributed by atoms with E-state index in [1.165, 1.54) is 0 Å². The van der Waals surface area contributed by atoms with E-state index in [2.05, 4.69) is 24.1 Å². The van der Waals surface area contributed by atoms with Crippen LogP contribution in [0.25, 0.3) is 0 Å². The van der Waals surface area contributed by atoms with Crippen LogP contribution in [0.3, 0.4) is 0 Å². The van der Waals surface area contributed by atoms with Gasteiger partial charge in [-0.2, -0.15) is 0 Å². The topological polar surface area (TPSA) is 67.6 Å². The number of nitrogens with one attached hydrogen (secondary N) is 1. The van der Waals surface area contributed by atoms with Gasteiger partial charge in [0.25, 0.3) is 0 Å². The third-order valence-electron chi connectivity index (χ3n) is 3.71. The highest BCUT2D eigenvalue weighted by Crippen LogP contribution is 2.15. The van der Waals surface area contributed by atoms with Crippen molar-refractivity contribution in [2.75, 3.05) is 39.4 Å². The molecule has 0 spiro atoms. The molecule has 0 aliphatic carbocycles. The Hall–Kier alpha value is -0.650. The quantitative estimate of drug-likeness (QED) is 0.713. The van der Waals surface area contributed by atoms with Crippen LogP contribution in [0.2, 0.25) is 0 Å². The molecule has 1 aliphatic heterocycles. The summed E-state index contributed by atoms with van der Waals surface area (Å²) >= 11 is 0. The summed E-state index contributed by atoms with van der Waals surface area (Å²) in [4.78, 5) is 14.3. The summed E-state index contributed by atoms with van der Waals surface area (Å²) in [6.45, 7) is 10.8. The molecule has 106 valence electrons. The molecule has 0 aromatic rings. The van der Waals surface area contributed by atoms with Crippen LogP contribution in [0.15, 0.2) is 0 Å².